The number of nitrogens with zero attached hydrogens (tertiary/aromatic N) is 3. The largest absolute Gasteiger partial charge is 0.395 e. The molecule has 12 heteroatoms. The summed E-state index contributed by atoms with van der Waals surface area (Å²) in [6, 6.07) is 17.3. The fourth-order valence-electron chi connectivity index (χ4n) is 4.20. The summed E-state index contributed by atoms with van der Waals surface area (Å²) in [5, 5.41) is 11.2. The van der Waals surface area contributed by atoms with Crippen LogP contribution in [0.1, 0.15) is 41.3 Å². The second-order valence-corrected chi connectivity index (χ2v) is 10.1. The molecular formula is C29H28N6O5S. The van der Waals surface area contributed by atoms with Gasteiger partial charge in [-0.3, -0.25) is 19.3 Å². The minimum atomic E-state index is -0.365. The minimum Gasteiger partial charge on any atom is -0.395 e. The number of unbranched alkanes of at least 4 members (excludes halogenated alkanes) is 1. The van der Waals surface area contributed by atoms with Gasteiger partial charge in [0.1, 0.15) is 5.69 Å². The maximum absolute atomic E-state index is 12.9. The third kappa shape index (κ3) is 6.84. The van der Waals surface area contributed by atoms with Crippen molar-refractivity contribution in [3.8, 4) is 0 Å². The van der Waals surface area contributed by atoms with Gasteiger partial charge in [-0.2, -0.15) is 0 Å². The Labute approximate surface area is 240 Å². The standard InChI is InChI=1S/C29H28N6O5S/c1-2-18-9-11-19(12-10-18)17-24-28(37)35(29(38)41-24)16-6-5-15-31-27(36)20-7-3-4-8-21(20)32-23-14-13-22(33-39)25(30)26(23)34-40/h3-4,7-14,17,32H,2,5-6,15-16,30H2,1H3,(H,31,36). The highest BCUT2D eigenvalue weighted by Crippen LogP contribution is 2.40. The van der Waals surface area contributed by atoms with Gasteiger partial charge in [0.2, 0.25) is 0 Å². The summed E-state index contributed by atoms with van der Waals surface area (Å²) >= 11 is 0.927. The predicted octanol–water partition coefficient (Wildman–Crippen LogP) is 6.62. The van der Waals surface area contributed by atoms with Crippen molar-refractivity contribution >= 4 is 63.3 Å². The van der Waals surface area contributed by atoms with Crippen LogP contribution >= 0.6 is 11.8 Å². The van der Waals surface area contributed by atoms with E-state index in [1.807, 2.05) is 24.3 Å². The van der Waals surface area contributed by atoms with Gasteiger partial charge in [-0.05, 0) is 82.8 Å². The van der Waals surface area contributed by atoms with Crippen LogP contribution in [0.2, 0.25) is 0 Å². The molecule has 0 unspecified atom stereocenters. The van der Waals surface area contributed by atoms with E-state index in [9.17, 15) is 24.2 Å². The van der Waals surface area contributed by atoms with Gasteiger partial charge in [0, 0.05) is 13.1 Å². The Morgan fingerprint density at radius 2 is 1.73 bits per heavy atom. The van der Waals surface area contributed by atoms with Gasteiger partial charge >= 0.3 is 0 Å². The van der Waals surface area contributed by atoms with E-state index in [0.29, 0.717) is 35.5 Å². The summed E-state index contributed by atoms with van der Waals surface area (Å²) < 4.78 is 0. The molecule has 1 aliphatic heterocycles. The molecule has 4 rings (SSSR count). The molecule has 3 amide bonds. The molecule has 1 saturated heterocycles. The molecule has 1 aliphatic rings. The van der Waals surface area contributed by atoms with Crippen molar-refractivity contribution in [3.63, 3.8) is 0 Å². The van der Waals surface area contributed by atoms with Crippen molar-refractivity contribution in [1.82, 2.24) is 10.2 Å². The van der Waals surface area contributed by atoms with Crippen LogP contribution in [0.4, 0.5) is 33.2 Å². The maximum atomic E-state index is 12.9. The number of carbonyl (C=O) groups is 3. The topological polar surface area (TPSA) is 163 Å². The zero-order valence-corrected chi connectivity index (χ0v) is 23.1. The normalized spacial score (nSPS) is 13.9. The quantitative estimate of drug-likeness (QED) is 0.0943. The van der Waals surface area contributed by atoms with Crippen molar-refractivity contribution in [3.05, 3.63) is 92.1 Å². The fourth-order valence-corrected chi connectivity index (χ4v) is 5.06. The van der Waals surface area contributed by atoms with Crippen molar-refractivity contribution in [2.24, 2.45) is 10.4 Å². The summed E-state index contributed by atoms with van der Waals surface area (Å²) in [6.45, 7) is 2.63. The van der Waals surface area contributed by atoms with Crippen LogP contribution in [-0.4, -0.2) is 35.0 Å². The van der Waals surface area contributed by atoms with Gasteiger partial charge in [0.05, 0.1) is 27.5 Å². The summed E-state index contributed by atoms with van der Waals surface area (Å²) in [6.07, 6.45) is 3.70. The molecule has 0 aromatic heterocycles. The predicted molar refractivity (Wildman–Crippen MR) is 162 cm³/mol. The highest BCUT2D eigenvalue weighted by Gasteiger charge is 2.34. The molecule has 11 nitrogen and oxygen atoms in total. The van der Waals surface area contributed by atoms with E-state index < -0.39 is 0 Å². The molecular weight excluding hydrogens is 544 g/mol. The molecule has 1 heterocycles. The summed E-state index contributed by atoms with van der Waals surface area (Å²) in [5.74, 6) is -0.679. The summed E-state index contributed by atoms with van der Waals surface area (Å²) in [7, 11) is 0. The Bertz CT molecular complexity index is 1520. The lowest BCUT2D eigenvalue weighted by molar-refractivity contribution is -0.122. The number of nitrogen functional groups attached to an aromatic ring is 1. The van der Waals surface area contributed by atoms with E-state index in [1.165, 1.54) is 22.6 Å². The number of nitrogens with one attached hydrogen (secondary N) is 2. The molecule has 4 N–H and O–H groups in total. The fraction of sp³-hybridized carbons (Fsp3) is 0.207. The number of carbonyl (C=O) groups excluding carboxylic acids is 3. The van der Waals surface area contributed by atoms with Crippen LogP contribution in [0.3, 0.4) is 0 Å². The Hall–Kier alpha value is -4.84. The molecule has 0 aliphatic carbocycles. The number of benzene rings is 3. The second kappa shape index (κ2) is 13.5. The monoisotopic (exact) mass is 572 g/mol. The average Bonchev–Trinajstić information content (AvgIpc) is 3.25. The van der Waals surface area contributed by atoms with Crippen molar-refractivity contribution in [2.75, 3.05) is 24.1 Å². The van der Waals surface area contributed by atoms with Gasteiger partial charge in [0.15, 0.2) is 5.69 Å². The van der Waals surface area contributed by atoms with Crippen molar-refractivity contribution < 1.29 is 14.4 Å². The third-order valence-electron chi connectivity index (χ3n) is 6.48. The smallest absolute Gasteiger partial charge is 0.293 e. The first-order valence-corrected chi connectivity index (χ1v) is 13.8. The lowest BCUT2D eigenvalue weighted by Crippen LogP contribution is -2.30. The molecule has 0 bridgehead atoms. The third-order valence-corrected chi connectivity index (χ3v) is 7.39. The van der Waals surface area contributed by atoms with Gasteiger partial charge in [-0.25, -0.2) is 0 Å². The van der Waals surface area contributed by atoms with Gasteiger partial charge in [-0.15, -0.1) is 9.81 Å². The zero-order valence-electron chi connectivity index (χ0n) is 22.3. The van der Waals surface area contributed by atoms with E-state index in [1.54, 1.807) is 30.3 Å². The highest BCUT2D eigenvalue weighted by atomic mass is 32.2. The van der Waals surface area contributed by atoms with E-state index >= 15 is 0 Å². The van der Waals surface area contributed by atoms with Crippen LogP contribution < -0.4 is 16.4 Å². The number of rotatable bonds is 12. The van der Waals surface area contributed by atoms with Crippen LogP contribution in [0.25, 0.3) is 6.08 Å². The van der Waals surface area contributed by atoms with Crippen LogP contribution in [-0.2, 0) is 11.2 Å². The molecule has 0 spiro atoms. The molecule has 0 saturated carbocycles. The van der Waals surface area contributed by atoms with Crippen molar-refractivity contribution in [1.29, 1.82) is 0 Å². The molecule has 210 valence electrons. The number of aryl methyl sites for hydroxylation is 1. The number of hydrogen-bond donors (Lipinski definition) is 3. The first kappa shape index (κ1) is 29.2. The number of nitrogens with two attached hydrogens (primary N) is 1. The number of para-hydroxylation sites is 1. The number of anilines is 3. The number of imide groups is 1. The molecule has 3 aromatic rings. The van der Waals surface area contributed by atoms with Gasteiger partial charge in [-0.1, -0.05) is 43.3 Å². The summed E-state index contributed by atoms with van der Waals surface area (Å²) in [4.78, 5) is 62.0. The molecule has 41 heavy (non-hydrogen) atoms. The Morgan fingerprint density at radius 3 is 2.44 bits per heavy atom. The lowest BCUT2D eigenvalue weighted by atomic mass is 10.1. The van der Waals surface area contributed by atoms with E-state index in [2.05, 4.69) is 27.9 Å². The van der Waals surface area contributed by atoms with Crippen molar-refractivity contribution in [2.45, 2.75) is 26.2 Å². The van der Waals surface area contributed by atoms with E-state index in [-0.39, 0.29) is 46.3 Å². The Kier molecular flexibility index (Phi) is 9.59. The average molecular weight is 573 g/mol. The first-order valence-electron chi connectivity index (χ1n) is 12.9. The van der Waals surface area contributed by atoms with Crippen LogP contribution in [0.5, 0.6) is 0 Å². The van der Waals surface area contributed by atoms with Crippen LogP contribution in [0.15, 0.2) is 75.9 Å². The summed E-state index contributed by atoms with van der Waals surface area (Å²) in [5.41, 5.74) is 8.33. The second-order valence-electron chi connectivity index (χ2n) is 9.14. The van der Waals surface area contributed by atoms with Gasteiger partial charge in [0.25, 0.3) is 17.1 Å². The van der Waals surface area contributed by atoms with Crippen LogP contribution in [0, 0.1) is 9.81 Å². The number of thioether (sulfide) groups is 1. The van der Waals surface area contributed by atoms with Gasteiger partial charge < -0.3 is 16.4 Å². The van der Waals surface area contributed by atoms with E-state index in [4.69, 9.17) is 5.73 Å². The number of hydrogen-bond acceptors (Lipinski definition) is 10. The van der Waals surface area contributed by atoms with E-state index in [0.717, 1.165) is 23.7 Å². The Morgan fingerprint density at radius 1 is 0.976 bits per heavy atom. The molecule has 0 atom stereocenters. The minimum absolute atomic E-state index is 0.110. The Balaban J connectivity index is 1.30. The molecule has 0 radical (unpaired) electrons. The maximum Gasteiger partial charge on any atom is 0.293 e. The zero-order chi connectivity index (χ0) is 29.4. The molecule has 1 fully saturated rings. The molecule has 3 aromatic carbocycles. The SMILES string of the molecule is CCc1ccc(C=C2SC(=O)N(CCCCNC(=O)c3ccccc3Nc3ccc(N=O)c(N)c3N=O)C2=O)cc1. The first-order chi connectivity index (χ1) is 19.9. The highest BCUT2D eigenvalue weighted by molar-refractivity contribution is 8.18. The lowest BCUT2D eigenvalue weighted by Gasteiger charge is -2.15. The number of nitroso groups, excluding NO2 is 2. The number of amides is 3.